The summed E-state index contributed by atoms with van der Waals surface area (Å²) in [7, 11) is 0. The first-order valence-electron chi connectivity index (χ1n) is 7.60. The molecule has 0 heterocycles. The van der Waals surface area contributed by atoms with E-state index in [1.54, 1.807) is 13.1 Å². The van der Waals surface area contributed by atoms with E-state index in [0.29, 0.717) is 5.75 Å². The van der Waals surface area contributed by atoms with Crippen LogP contribution in [0, 0.1) is 20.8 Å². The number of carbonyl (C=O) groups excluding carboxylic acids is 1. The third-order valence-electron chi connectivity index (χ3n) is 3.73. The van der Waals surface area contributed by atoms with Crippen molar-refractivity contribution in [3.8, 4) is 5.75 Å². The molecule has 1 unspecified atom stereocenters. The molecule has 2 aromatic carbocycles. The maximum atomic E-state index is 12.0. The Morgan fingerprint density at radius 3 is 2.52 bits per heavy atom. The van der Waals surface area contributed by atoms with E-state index in [0.717, 1.165) is 16.7 Å². The van der Waals surface area contributed by atoms with Gasteiger partial charge in [0.2, 0.25) is 0 Å². The Morgan fingerprint density at radius 1 is 1.09 bits per heavy atom. The Hall–Kier alpha value is -2.62. The van der Waals surface area contributed by atoms with Gasteiger partial charge in [-0.1, -0.05) is 30.3 Å². The topological polar surface area (TPSA) is 50.7 Å². The fraction of sp³-hybridized carbons (Fsp3) is 0.263. The minimum atomic E-state index is -0.619. The first-order valence-corrected chi connectivity index (χ1v) is 7.60. The molecular weight excluding hydrogens is 288 g/mol. The van der Waals surface area contributed by atoms with Gasteiger partial charge < -0.3 is 4.74 Å². The van der Waals surface area contributed by atoms with Crippen LogP contribution in [0.2, 0.25) is 0 Å². The number of nitrogens with zero attached hydrogens (tertiary/aromatic N) is 1. The number of aryl methyl sites for hydroxylation is 3. The third-order valence-corrected chi connectivity index (χ3v) is 3.73. The van der Waals surface area contributed by atoms with E-state index >= 15 is 0 Å². The van der Waals surface area contributed by atoms with Gasteiger partial charge in [-0.05, 0) is 62.1 Å². The van der Waals surface area contributed by atoms with Crippen LogP contribution in [0.3, 0.4) is 0 Å². The first kappa shape index (κ1) is 16.7. The summed E-state index contributed by atoms with van der Waals surface area (Å²) in [6.45, 7) is 7.75. The molecule has 4 heteroatoms. The van der Waals surface area contributed by atoms with Crippen LogP contribution >= 0.6 is 0 Å². The highest BCUT2D eigenvalue weighted by Crippen LogP contribution is 2.17. The van der Waals surface area contributed by atoms with E-state index in [1.165, 1.54) is 5.56 Å². The molecule has 120 valence electrons. The highest BCUT2D eigenvalue weighted by molar-refractivity contribution is 5.85. The minimum Gasteiger partial charge on any atom is -0.481 e. The first-order chi connectivity index (χ1) is 11.0. The van der Waals surface area contributed by atoms with Crippen LogP contribution in [-0.2, 0) is 4.79 Å². The smallest absolute Gasteiger partial charge is 0.280 e. The van der Waals surface area contributed by atoms with Crippen molar-refractivity contribution in [1.29, 1.82) is 0 Å². The molecule has 0 saturated carbocycles. The SMILES string of the molecule is Cc1ccc(OC(C)C(=O)N/N=C/c2ccccc2C)cc1C. The Kier molecular flexibility index (Phi) is 5.52. The van der Waals surface area contributed by atoms with E-state index in [-0.39, 0.29) is 5.91 Å². The van der Waals surface area contributed by atoms with Crippen molar-refractivity contribution < 1.29 is 9.53 Å². The predicted octanol–water partition coefficient (Wildman–Crippen LogP) is 3.53. The highest BCUT2D eigenvalue weighted by atomic mass is 16.5. The van der Waals surface area contributed by atoms with Crippen molar-refractivity contribution in [1.82, 2.24) is 5.43 Å². The summed E-state index contributed by atoms with van der Waals surface area (Å²) in [5, 5.41) is 3.99. The third kappa shape index (κ3) is 4.68. The molecule has 0 saturated heterocycles. The number of amides is 1. The fourth-order valence-electron chi connectivity index (χ4n) is 2.03. The van der Waals surface area contributed by atoms with Crippen molar-refractivity contribution in [2.24, 2.45) is 5.10 Å². The molecular formula is C19H22N2O2. The zero-order valence-electron chi connectivity index (χ0n) is 14.0. The van der Waals surface area contributed by atoms with Gasteiger partial charge in [0.25, 0.3) is 5.91 Å². The largest absolute Gasteiger partial charge is 0.481 e. The molecule has 1 amide bonds. The minimum absolute atomic E-state index is 0.284. The number of hydrazone groups is 1. The van der Waals surface area contributed by atoms with Crippen LogP contribution in [0.25, 0.3) is 0 Å². The van der Waals surface area contributed by atoms with Crippen LogP contribution in [0.15, 0.2) is 47.6 Å². The Morgan fingerprint density at radius 2 is 1.83 bits per heavy atom. The summed E-state index contributed by atoms with van der Waals surface area (Å²) in [5.41, 5.74) is 6.90. The van der Waals surface area contributed by atoms with Crippen LogP contribution in [0.4, 0.5) is 0 Å². The van der Waals surface area contributed by atoms with Gasteiger partial charge in [-0.3, -0.25) is 4.79 Å². The standard InChI is InChI=1S/C19H22N2O2/c1-13-9-10-18(11-15(13)3)23-16(4)19(22)21-20-12-17-8-6-5-7-14(17)2/h5-12,16H,1-4H3,(H,21,22)/b20-12+. The Balaban J connectivity index is 1.92. The lowest BCUT2D eigenvalue weighted by Gasteiger charge is -2.14. The van der Waals surface area contributed by atoms with Crippen molar-refractivity contribution in [2.45, 2.75) is 33.8 Å². The van der Waals surface area contributed by atoms with Gasteiger partial charge in [-0.15, -0.1) is 0 Å². The number of hydrogen-bond donors (Lipinski definition) is 1. The summed E-state index contributed by atoms with van der Waals surface area (Å²) >= 11 is 0. The molecule has 2 aromatic rings. The monoisotopic (exact) mass is 310 g/mol. The lowest BCUT2D eigenvalue weighted by atomic mass is 10.1. The second kappa shape index (κ2) is 7.58. The van der Waals surface area contributed by atoms with Gasteiger partial charge in [0.15, 0.2) is 6.10 Å². The fourth-order valence-corrected chi connectivity index (χ4v) is 2.03. The summed E-state index contributed by atoms with van der Waals surface area (Å²) < 4.78 is 5.65. The molecule has 1 atom stereocenters. The number of hydrogen-bond acceptors (Lipinski definition) is 3. The molecule has 23 heavy (non-hydrogen) atoms. The molecule has 0 bridgehead atoms. The average molecular weight is 310 g/mol. The molecule has 4 nitrogen and oxygen atoms in total. The van der Waals surface area contributed by atoms with Gasteiger partial charge in [-0.2, -0.15) is 5.10 Å². The molecule has 0 aliphatic rings. The van der Waals surface area contributed by atoms with E-state index < -0.39 is 6.10 Å². The Bertz CT molecular complexity index is 723. The quantitative estimate of drug-likeness (QED) is 0.678. The second-order valence-corrected chi connectivity index (χ2v) is 5.60. The van der Waals surface area contributed by atoms with Gasteiger partial charge in [-0.25, -0.2) is 5.43 Å². The van der Waals surface area contributed by atoms with Crippen molar-refractivity contribution in [3.05, 3.63) is 64.7 Å². The van der Waals surface area contributed by atoms with Gasteiger partial charge in [0.1, 0.15) is 5.75 Å². The zero-order valence-corrected chi connectivity index (χ0v) is 14.0. The average Bonchev–Trinajstić information content (AvgIpc) is 2.52. The molecule has 0 spiro atoms. The molecule has 0 aliphatic carbocycles. The maximum Gasteiger partial charge on any atom is 0.280 e. The predicted molar refractivity (Wildman–Crippen MR) is 92.9 cm³/mol. The lowest BCUT2D eigenvalue weighted by molar-refractivity contribution is -0.127. The Labute approximate surface area is 137 Å². The van der Waals surface area contributed by atoms with Crippen molar-refractivity contribution in [3.63, 3.8) is 0 Å². The maximum absolute atomic E-state index is 12.0. The van der Waals surface area contributed by atoms with Crippen molar-refractivity contribution in [2.75, 3.05) is 0 Å². The van der Waals surface area contributed by atoms with Gasteiger partial charge >= 0.3 is 0 Å². The van der Waals surface area contributed by atoms with Crippen LogP contribution in [-0.4, -0.2) is 18.2 Å². The summed E-state index contributed by atoms with van der Waals surface area (Å²) in [6.07, 6.45) is 1.02. The zero-order chi connectivity index (χ0) is 16.8. The van der Waals surface area contributed by atoms with Crippen molar-refractivity contribution >= 4 is 12.1 Å². The lowest BCUT2D eigenvalue weighted by Crippen LogP contribution is -2.33. The summed E-state index contributed by atoms with van der Waals surface area (Å²) in [4.78, 5) is 12.0. The molecule has 0 aromatic heterocycles. The summed E-state index contributed by atoms with van der Waals surface area (Å²) in [5.74, 6) is 0.395. The van der Waals surface area contributed by atoms with E-state index in [1.807, 2.05) is 63.2 Å². The molecule has 1 N–H and O–H groups in total. The second-order valence-electron chi connectivity index (χ2n) is 5.60. The molecule has 2 rings (SSSR count). The number of ether oxygens (including phenoxy) is 1. The number of rotatable bonds is 5. The van der Waals surface area contributed by atoms with E-state index in [9.17, 15) is 4.79 Å². The normalized spacial score (nSPS) is 12.2. The molecule has 0 fully saturated rings. The molecule has 0 aliphatic heterocycles. The van der Waals surface area contributed by atoms with Crippen LogP contribution in [0.5, 0.6) is 5.75 Å². The van der Waals surface area contributed by atoms with Crippen LogP contribution in [0.1, 0.15) is 29.2 Å². The number of carbonyl (C=O) groups is 1. The van der Waals surface area contributed by atoms with Gasteiger partial charge in [0.05, 0.1) is 6.21 Å². The number of benzene rings is 2. The van der Waals surface area contributed by atoms with E-state index in [4.69, 9.17) is 4.74 Å². The van der Waals surface area contributed by atoms with E-state index in [2.05, 4.69) is 10.5 Å². The van der Waals surface area contributed by atoms with Gasteiger partial charge in [0, 0.05) is 0 Å². The highest BCUT2D eigenvalue weighted by Gasteiger charge is 2.14. The number of nitrogens with one attached hydrogen (secondary N) is 1. The molecule has 0 radical (unpaired) electrons. The van der Waals surface area contributed by atoms with Crippen LogP contribution < -0.4 is 10.2 Å². The summed E-state index contributed by atoms with van der Waals surface area (Å²) in [6, 6.07) is 13.6.